The molecular weight excluding hydrogens is 284 g/mol. The van der Waals surface area contributed by atoms with Gasteiger partial charge in [0.1, 0.15) is 5.37 Å². The van der Waals surface area contributed by atoms with Gasteiger partial charge < -0.3 is 10.2 Å². The summed E-state index contributed by atoms with van der Waals surface area (Å²) in [7, 11) is -1.27. The first-order valence-electron chi connectivity index (χ1n) is 6.01. The zero-order chi connectivity index (χ0) is 13.9. The summed E-state index contributed by atoms with van der Waals surface area (Å²) < 4.78 is 23.6. The molecule has 106 valence electrons. The van der Waals surface area contributed by atoms with Crippen LogP contribution in [-0.4, -0.2) is 55.1 Å². The van der Waals surface area contributed by atoms with Crippen LogP contribution >= 0.6 is 11.8 Å². The molecule has 1 fully saturated rings. The normalized spacial score (nSPS) is 20.5. The van der Waals surface area contributed by atoms with E-state index < -0.39 is 15.2 Å². The van der Waals surface area contributed by atoms with Crippen LogP contribution in [0.1, 0.15) is 5.56 Å². The third-order valence-electron chi connectivity index (χ3n) is 2.91. The Balaban J connectivity index is 2.22. The van der Waals surface area contributed by atoms with Gasteiger partial charge in [-0.05, 0) is 7.05 Å². The van der Waals surface area contributed by atoms with Gasteiger partial charge in [-0.1, -0.05) is 0 Å². The van der Waals surface area contributed by atoms with Gasteiger partial charge in [0.2, 0.25) is 5.95 Å². The highest BCUT2D eigenvalue weighted by molar-refractivity contribution is 8.01. The molecule has 0 saturated carbocycles. The minimum Gasteiger partial charge on any atom is -0.322 e. The van der Waals surface area contributed by atoms with Gasteiger partial charge in [-0.3, -0.25) is 0 Å². The van der Waals surface area contributed by atoms with Crippen molar-refractivity contribution in [1.29, 1.82) is 0 Å². The molecule has 6 nitrogen and oxygen atoms in total. The second kappa shape index (κ2) is 6.06. The van der Waals surface area contributed by atoms with Crippen molar-refractivity contribution in [2.75, 3.05) is 36.3 Å². The molecule has 0 aliphatic carbocycles. The second-order valence-corrected chi connectivity index (χ2v) is 7.83. The lowest BCUT2D eigenvalue weighted by molar-refractivity contribution is 0.582. The molecule has 2 heterocycles. The quantitative estimate of drug-likeness (QED) is 0.846. The maximum Gasteiger partial charge on any atom is 0.226 e. The maximum atomic E-state index is 11.8. The van der Waals surface area contributed by atoms with Crippen molar-refractivity contribution in [2.45, 2.75) is 11.9 Å². The van der Waals surface area contributed by atoms with Crippen LogP contribution in [0, 0.1) is 0 Å². The molecule has 0 amide bonds. The zero-order valence-electron chi connectivity index (χ0n) is 11.0. The summed E-state index contributed by atoms with van der Waals surface area (Å²) >= 11 is 1.65. The minimum absolute atomic E-state index is 0.496. The Bertz CT molecular complexity index is 518. The molecule has 1 N–H and O–H groups in total. The van der Waals surface area contributed by atoms with E-state index in [9.17, 15) is 8.42 Å². The lowest BCUT2D eigenvalue weighted by Gasteiger charge is -2.33. The average Bonchev–Trinajstić information content (AvgIpc) is 2.39. The molecule has 0 spiro atoms. The molecule has 0 radical (unpaired) electrons. The summed E-state index contributed by atoms with van der Waals surface area (Å²) in [6.45, 7) is 1.36. The van der Waals surface area contributed by atoms with E-state index in [0.29, 0.717) is 24.8 Å². The van der Waals surface area contributed by atoms with Crippen LogP contribution in [0.5, 0.6) is 0 Å². The van der Waals surface area contributed by atoms with Gasteiger partial charge in [0.25, 0.3) is 0 Å². The van der Waals surface area contributed by atoms with Gasteiger partial charge in [-0.25, -0.2) is 18.4 Å². The van der Waals surface area contributed by atoms with E-state index in [1.54, 1.807) is 29.1 Å². The largest absolute Gasteiger partial charge is 0.322 e. The van der Waals surface area contributed by atoms with Crippen molar-refractivity contribution >= 4 is 27.5 Å². The molecule has 0 bridgehead atoms. The maximum absolute atomic E-state index is 11.8. The highest BCUT2D eigenvalue weighted by Crippen LogP contribution is 2.23. The number of hydrogen-bond donors (Lipinski definition) is 1. The molecule has 1 atom stereocenters. The number of anilines is 1. The topological polar surface area (TPSA) is 75.2 Å². The fourth-order valence-electron chi connectivity index (χ4n) is 1.96. The van der Waals surface area contributed by atoms with Gasteiger partial charge in [0.05, 0.1) is 0 Å². The molecule has 1 aliphatic heterocycles. The van der Waals surface area contributed by atoms with E-state index in [2.05, 4.69) is 15.3 Å². The van der Waals surface area contributed by atoms with Crippen molar-refractivity contribution in [3.05, 3.63) is 18.0 Å². The molecule has 1 saturated heterocycles. The number of nitrogens with one attached hydrogen (secondary N) is 1. The Morgan fingerprint density at radius 1 is 1.47 bits per heavy atom. The highest BCUT2D eigenvalue weighted by Gasteiger charge is 2.32. The van der Waals surface area contributed by atoms with E-state index in [1.165, 1.54) is 6.26 Å². The molecule has 1 aromatic heterocycles. The molecule has 1 unspecified atom stereocenters. The Labute approximate surface area is 117 Å². The van der Waals surface area contributed by atoms with Gasteiger partial charge in [-0.2, -0.15) is 11.8 Å². The number of nitrogens with zero attached hydrogens (tertiary/aromatic N) is 3. The smallest absolute Gasteiger partial charge is 0.226 e. The van der Waals surface area contributed by atoms with Crippen molar-refractivity contribution in [3.63, 3.8) is 0 Å². The lowest BCUT2D eigenvalue weighted by atomic mass is 10.3. The average molecular weight is 302 g/mol. The Hall–Kier alpha value is -0.860. The third-order valence-corrected chi connectivity index (χ3v) is 5.55. The van der Waals surface area contributed by atoms with Crippen molar-refractivity contribution in [2.24, 2.45) is 0 Å². The molecular formula is C11H18N4O2S2. The van der Waals surface area contributed by atoms with E-state index in [-0.39, 0.29) is 0 Å². The first-order valence-corrected chi connectivity index (χ1v) is 9.12. The molecule has 8 heteroatoms. The Morgan fingerprint density at radius 2 is 2.16 bits per heavy atom. The second-order valence-electron chi connectivity index (χ2n) is 4.47. The predicted molar refractivity (Wildman–Crippen MR) is 78.1 cm³/mol. The lowest BCUT2D eigenvalue weighted by Crippen LogP contribution is -2.47. The van der Waals surface area contributed by atoms with Crippen LogP contribution in [0.15, 0.2) is 12.4 Å². The van der Waals surface area contributed by atoms with E-state index in [0.717, 1.165) is 11.3 Å². The highest BCUT2D eigenvalue weighted by atomic mass is 32.2. The molecule has 1 aromatic rings. The first kappa shape index (κ1) is 14.5. The molecule has 0 aromatic carbocycles. The van der Waals surface area contributed by atoms with Gasteiger partial charge in [0.15, 0.2) is 9.84 Å². The molecule has 19 heavy (non-hydrogen) atoms. The summed E-state index contributed by atoms with van der Waals surface area (Å²) in [6, 6.07) is 0. The van der Waals surface area contributed by atoms with Crippen LogP contribution < -0.4 is 10.2 Å². The SMILES string of the molecule is CNCc1cnc(N2CCSCC2S(C)(=O)=O)nc1. The van der Waals surface area contributed by atoms with Crippen LogP contribution in [0.4, 0.5) is 5.95 Å². The number of sulfone groups is 1. The Morgan fingerprint density at radius 3 is 2.74 bits per heavy atom. The number of aromatic nitrogens is 2. The summed E-state index contributed by atoms with van der Waals surface area (Å²) in [5.74, 6) is 1.96. The van der Waals surface area contributed by atoms with E-state index in [4.69, 9.17) is 0 Å². The first-order chi connectivity index (χ1) is 9.02. The van der Waals surface area contributed by atoms with Crippen molar-refractivity contribution in [1.82, 2.24) is 15.3 Å². The number of hydrogen-bond acceptors (Lipinski definition) is 7. The van der Waals surface area contributed by atoms with Crippen LogP contribution in [0.25, 0.3) is 0 Å². The molecule has 2 rings (SSSR count). The Kier molecular flexibility index (Phi) is 4.64. The summed E-state index contributed by atoms with van der Waals surface area (Å²) in [6.07, 6.45) is 4.74. The van der Waals surface area contributed by atoms with E-state index >= 15 is 0 Å². The third kappa shape index (κ3) is 3.58. The summed E-state index contributed by atoms with van der Waals surface area (Å²) in [4.78, 5) is 10.4. The monoisotopic (exact) mass is 302 g/mol. The van der Waals surface area contributed by atoms with Crippen LogP contribution in [0.2, 0.25) is 0 Å². The number of thioether (sulfide) groups is 1. The fourth-order valence-corrected chi connectivity index (χ4v) is 4.77. The van der Waals surface area contributed by atoms with Crippen LogP contribution in [0.3, 0.4) is 0 Å². The van der Waals surface area contributed by atoms with Gasteiger partial charge in [-0.15, -0.1) is 0 Å². The minimum atomic E-state index is -3.13. The summed E-state index contributed by atoms with van der Waals surface area (Å²) in [5.41, 5.74) is 0.980. The van der Waals surface area contributed by atoms with Gasteiger partial charge >= 0.3 is 0 Å². The van der Waals surface area contributed by atoms with Crippen molar-refractivity contribution in [3.8, 4) is 0 Å². The predicted octanol–water partition coefficient (Wildman–Crippen LogP) is 0.120. The van der Waals surface area contributed by atoms with E-state index in [1.807, 2.05) is 7.05 Å². The standard InChI is InChI=1S/C11H18N4O2S2/c1-12-5-9-6-13-11(14-7-9)15-3-4-18-8-10(15)19(2,16)17/h6-7,10,12H,3-5,8H2,1-2H3. The zero-order valence-corrected chi connectivity index (χ0v) is 12.7. The van der Waals surface area contributed by atoms with Gasteiger partial charge in [0, 0.05) is 48.8 Å². The van der Waals surface area contributed by atoms with Crippen molar-refractivity contribution < 1.29 is 8.42 Å². The fraction of sp³-hybridized carbons (Fsp3) is 0.636. The number of rotatable bonds is 4. The summed E-state index contributed by atoms with van der Waals surface area (Å²) in [5, 5.41) is 2.50. The molecule has 1 aliphatic rings. The van der Waals surface area contributed by atoms with Crippen LogP contribution in [-0.2, 0) is 16.4 Å².